The van der Waals surface area contributed by atoms with E-state index in [0.29, 0.717) is 31.1 Å². The molecule has 9 nitrogen and oxygen atoms in total. The van der Waals surface area contributed by atoms with Crippen LogP contribution >= 0.6 is 0 Å². The minimum atomic E-state index is -1.48. The van der Waals surface area contributed by atoms with Crippen molar-refractivity contribution in [1.29, 1.82) is 5.26 Å². The van der Waals surface area contributed by atoms with Crippen molar-refractivity contribution in [3.05, 3.63) is 59.2 Å². The highest BCUT2D eigenvalue weighted by Crippen LogP contribution is 2.47. The molecular weight excluding hydrogens is 498 g/mol. The average molecular weight is 536 g/mol. The Morgan fingerprint density at radius 1 is 1.21 bits per heavy atom. The van der Waals surface area contributed by atoms with Crippen molar-refractivity contribution >= 4 is 17.7 Å². The molecule has 2 aromatic rings. The molecular formula is C30H37N3O6. The van der Waals surface area contributed by atoms with Gasteiger partial charge in [0, 0.05) is 36.2 Å². The molecule has 2 aromatic carbocycles. The van der Waals surface area contributed by atoms with Crippen molar-refractivity contribution in [3.63, 3.8) is 0 Å². The summed E-state index contributed by atoms with van der Waals surface area (Å²) in [6.45, 7) is 6.89. The summed E-state index contributed by atoms with van der Waals surface area (Å²) in [5, 5.41) is 38.8. The molecule has 4 atom stereocenters. The van der Waals surface area contributed by atoms with Gasteiger partial charge >= 0.3 is 0 Å². The Balaban J connectivity index is 1.53. The van der Waals surface area contributed by atoms with E-state index in [1.54, 1.807) is 14.0 Å². The molecule has 0 unspecified atom stereocenters. The molecule has 2 fully saturated rings. The first-order valence-electron chi connectivity index (χ1n) is 13.1. The number of nitrogens with zero attached hydrogens (tertiary/aromatic N) is 3. The van der Waals surface area contributed by atoms with E-state index < -0.39 is 30.1 Å². The predicted octanol–water partition coefficient (Wildman–Crippen LogP) is 2.47. The molecule has 0 saturated carbocycles. The first kappa shape index (κ1) is 28.4. The summed E-state index contributed by atoms with van der Waals surface area (Å²) >= 11 is 0. The smallest absolute Gasteiger partial charge is 0.253 e. The van der Waals surface area contributed by atoms with Crippen LogP contribution in [0.4, 0.5) is 5.69 Å². The van der Waals surface area contributed by atoms with Crippen molar-refractivity contribution in [2.24, 2.45) is 5.41 Å². The number of aliphatic hydroxyl groups excluding tert-OH is 3. The van der Waals surface area contributed by atoms with Crippen LogP contribution in [0.25, 0.3) is 6.08 Å². The van der Waals surface area contributed by atoms with Gasteiger partial charge < -0.3 is 34.6 Å². The van der Waals surface area contributed by atoms with Gasteiger partial charge in [0.1, 0.15) is 6.10 Å². The number of benzene rings is 2. The number of aryl methyl sites for hydroxylation is 1. The third-order valence-electron chi connectivity index (χ3n) is 8.05. The Hall–Kier alpha value is -3.58. The lowest BCUT2D eigenvalue weighted by Gasteiger charge is -2.41. The maximum Gasteiger partial charge on any atom is 0.253 e. The maximum atomic E-state index is 12.6. The first-order chi connectivity index (χ1) is 18.6. The summed E-state index contributed by atoms with van der Waals surface area (Å²) in [7, 11) is 1.58. The van der Waals surface area contributed by atoms with Crippen LogP contribution in [0.5, 0.6) is 11.5 Å². The van der Waals surface area contributed by atoms with Crippen molar-refractivity contribution in [2.45, 2.75) is 45.0 Å². The fourth-order valence-corrected chi connectivity index (χ4v) is 5.49. The lowest BCUT2D eigenvalue weighted by Crippen LogP contribution is -2.54. The van der Waals surface area contributed by atoms with Crippen LogP contribution in [-0.2, 0) is 4.79 Å². The van der Waals surface area contributed by atoms with Crippen LogP contribution in [0.1, 0.15) is 36.5 Å². The molecule has 208 valence electrons. The number of allylic oxidation sites excluding steroid dienone is 1. The third kappa shape index (κ3) is 5.74. The van der Waals surface area contributed by atoms with E-state index in [-0.39, 0.29) is 18.6 Å². The molecule has 0 spiro atoms. The number of nitriles is 1. The van der Waals surface area contributed by atoms with Crippen molar-refractivity contribution < 1.29 is 29.6 Å². The number of ether oxygens (including phenoxy) is 2. The maximum absolute atomic E-state index is 12.6. The number of methoxy groups -OCH3 is 1. The Kier molecular flexibility index (Phi) is 8.50. The molecule has 3 N–H and O–H groups in total. The summed E-state index contributed by atoms with van der Waals surface area (Å²) in [4.78, 5) is 16.3. The number of aliphatic hydroxyl groups is 3. The molecule has 1 amide bonds. The van der Waals surface area contributed by atoms with Gasteiger partial charge in [-0.3, -0.25) is 4.79 Å². The van der Waals surface area contributed by atoms with E-state index in [4.69, 9.17) is 14.7 Å². The topological polar surface area (TPSA) is 126 Å². The van der Waals surface area contributed by atoms with Gasteiger partial charge in [-0.1, -0.05) is 24.6 Å². The van der Waals surface area contributed by atoms with Gasteiger partial charge in [0.05, 0.1) is 39.0 Å². The second-order valence-corrected chi connectivity index (χ2v) is 10.7. The standard InChI is InChI=1S/C30H37N3O6/c1-19-7-9-25(22(12-19)6-5-11-31)32-14-23(15-32)39-28-13-21(8-10-27(28)38-4)24-16-33(29(37)26(36)17-34)18-30(24,3)20(2)35/h5-10,12-13,20,23-24,26,34-36H,14-18H2,1-4H3/b6-5+/t20-,24+,26+,30+/m1/s1. The number of rotatable bonds is 9. The van der Waals surface area contributed by atoms with E-state index in [9.17, 15) is 20.1 Å². The zero-order chi connectivity index (χ0) is 28.3. The number of likely N-dealkylation sites (tertiary alicyclic amines) is 1. The number of hydrogen-bond acceptors (Lipinski definition) is 8. The minimum absolute atomic E-state index is 0.0762. The van der Waals surface area contributed by atoms with Crippen LogP contribution in [0, 0.1) is 23.7 Å². The normalized spacial score (nSPS) is 22.9. The van der Waals surface area contributed by atoms with E-state index >= 15 is 0 Å². The Morgan fingerprint density at radius 3 is 2.59 bits per heavy atom. The largest absolute Gasteiger partial charge is 0.493 e. The zero-order valence-corrected chi connectivity index (χ0v) is 22.9. The fourth-order valence-electron chi connectivity index (χ4n) is 5.49. The number of hydrogen-bond donors (Lipinski definition) is 3. The molecule has 2 heterocycles. The Bertz CT molecular complexity index is 1270. The highest BCUT2D eigenvalue weighted by atomic mass is 16.5. The number of amides is 1. The molecule has 9 heteroatoms. The first-order valence-corrected chi connectivity index (χ1v) is 13.1. The minimum Gasteiger partial charge on any atom is -0.493 e. The quantitative estimate of drug-likeness (QED) is 0.418. The van der Waals surface area contributed by atoms with Crippen LogP contribution in [0.2, 0.25) is 0 Å². The monoisotopic (exact) mass is 535 g/mol. The molecule has 4 rings (SSSR count). The van der Waals surface area contributed by atoms with Crippen molar-refractivity contribution in [1.82, 2.24) is 4.90 Å². The molecule has 0 aromatic heterocycles. The van der Waals surface area contributed by atoms with E-state index in [2.05, 4.69) is 23.1 Å². The van der Waals surface area contributed by atoms with Gasteiger partial charge in [-0.2, -0.15) is 5.26 Å². The summed E-state index contributed by atoms with van der Waals surface area (Å²) in [5.41, 5.74) is 3.37. The van der Waals surface area contributed by atoms with Crippen LogP contribution in [0.15, 0.2) is 42.5 Å². The zero-order valence-electron chi connectivity index (χ0n) is 22.9. The van der Waals surface area contributed by atoms with E-state index in [0.717, 1.165) is 22.4 Å². The Labute approximate surface area is 229 Å². The molecule has 2 aliphatic heterocycles. The van der Waals surface area contributed by atoms with Crippen LogP contribution in [0.3, 0.4) is 0 Å². The lowest BCUT2D eigenvalue weighted by atomic mass is 9.72. The summed E-state index contributed by atoms with van der Waals surface area (Å²) in [5.74, 6) is 0.402. The van der Waals surface area contributed by atoms with Gasteiger partial charge in [-0.25, -0.2) is 0 Å². The molecule has 0 radical (unpaired) electrons. The summed E-state index contributed by atoms with van der Waals surface area (Å²) < 4.78 is 11.9. The SMILES string of the molecule is COc1ccc([C@@H]2CN(C(=O)[C@@H](O)CO)C[C@@]2(C)[C@@H](C)O)cc1OC1CN(c2ccc(C)cc2/C=C/C#N)C1. The van der Waals surface area contributed by atoms with Gasteiger partial charge in [-0.05, 0) is 55.3 Å². The highest BCUT2D eigenvalue weighted by Gasteiger charge is 2.49. The summed E-state index contributed by atoms with van der Waals surface area (Å²) in [6.07, 6.45) is 1.01. The van der Waals surface area contributed by atoms with Gasteiger partial charge in [0.25, 0.3) is 5.91 Å². The second kappa shape index (κ2) is 11.7. The number of carbonyl (C=O) groups is 1. The third-order valence-corrected chi connectivity index (χ3v) is 8.05. The molecule has 2 saturated heterocycles. The van der Waals surface area contributed by atoms with E-state index in [1.165, 1.54) is 11.0 Å². The van der Waals surface area contributed by atoms with Gasteiger partial charge in [0.2, 0.25) is 0 Å². The number of anilines is 1. The molecule has 39 heavy (non-hydrogen) atoms. The van der Waals surface area contributed by atoms with Crippen LogP contribution in [-0.4, -0.2) is 84.3 Å². The second-order valence-electron chi connectivity index (χ2n) is 10.7. The van der Waals surface area contributed by atoms with E-state index in [1.807, 2.05) is 44.2 Å². The van der Waals surface area contributed by atoms with Crippen molar-refractivity contribution in [2.75, 3.05) is 44.8 Å². The average Bonchev–Trinajstić information content (AvgIpc) is 3.27. The molecule has 0 bridgehead atoms. The van der Waals surface area contributed by atoms with Gasteiger partial charge in [-0.15, -0.1) is 0 Å². The summed E-state index contributed by atoms with van der Waals surface area (Å²) in [6, 6.07) is 13.9. The molecule has 0 aliphatic carbocycles. The Morgan fingerprint density at radius 2 is 1.95 bits per heavy atom. The van der Waals surface area contributed by atoms with Crippen LogP contribution < -0.4 is 14.4 Å². The number of carbonyl (C=O) groups excluding carboxylic acids is 1. The predicted molar refractivity (Wildman–Crippen MR) is 148 cm³/mol. The lowest BCUT2D eigenvalue weighted by molar-refractivity contribution is -0.141. The fraction of sp³-hybridized carbons (Fsp3) is 0.467. The van der Waals surface area contributed by atoms with Crippen molar-refractivity contribution in [3.8, 4) is 17.6 Å². The molecule has 2 aliphatic rings. The highest BCUT2D eigenvalue weighted by molar-refractivity contribution is 5.81. The van der Waals surface area contributed by atoms with Gasteiger partial charge in [0.15, 0.2) is 17.6 Å².